The molecule has 230 valence electrons. The zero-order valence-electron chi connectivity index (χ0n) is 23.7. The maximum absolute atomic E-state index is 14.8. The van der Waals surface area contributed by atoms with Gasteiger partial charge in [0, 0.05) is 41.6 Å². The largest absolute Gasteiger partial charge is 0.406 e. The van der Waals surface area contributed by atoms with Crippen LogP contribution in [0.3, 0.4) is 0 Å². The summed E-state index contributed by atoms with van der Waals surface area (Å²) in [6, 6.07) is 9.73. The molecule has 3 aromatic heterocycles. The van der Waals surface area contributed by atoms with E-state index >= 15 is 0 Å². The molecule has 4 heterocycles. The highest BCUT2D eigenvalue weighted by atomic mass is 32.1. The second kappa shape index (κ2) is 11.5. The number of hydrogen-bond donors (Lipinski definition) is 2. The number of rotatable bonds is 10. The van der Waals surface area contributed by atoms with Gasteiger partial charge in [-0.3, -0.25) is 4.79 Å². The van der Waals surface area contributed by atoms with E-state index in [2.05, 4.69) is 20.8 Å². The maximum Gasteiger partial charge on any atom is 0.406 e. The smallest absolute Gasteiger partial charge is 0.384 e. The second-order valence-electron chi connectivity index (χ2n) is 11.4. The number of alkyl halides is 4. The molecule has 1 aliphatic heterocycles. The first kappa shape index (κ1) is 29.6. The number of amides is 1. The molecule has 1 saturated carbocycles. The number of carbonyl (C=O) groups excluding carboxylic acids is 1. The molecule has 2 aliphatic rings. The summed E-state index contributed by atoms with van der Waals surface area (Å²) in [6.45, 7) is 0.220. The van der Waals surface area contributed by atoms with Crippen LogP contribution in [-0.4, -0.2) is 77.8 Å². The second-order valence-corrected chi connectivity index (χ2v) is 12.4. The predicted octanol–water partition coefficient (Wildman–Crippen LogP) is 5.38. The molecule has 43 heavy (non-hydrogen) atoms. The fourth-order valence-electron chi connectivity index (χ4n) is 5.67. The van der Waals surface area contributed by atoms with Crippen molar-refractivity contribution >= 4 is 33.8 Å². The lowest BCUT2D eigenvalue weighted by atomic mass is 10.0. The first-order valence-electron chi connectivity index (χ1n) is 14.0. The number of fused-ring (bicyclic) bond motifs is 1. The highest BCUT2D eigenvalue weighted by molar-refractivity contribution is 7.14. The molecular weight excluding hydrogens is 588 g/mol. The van der Waals surface area contributed by atoms with Crippen LogP contribution in [0.1, 0.15) is 39.7 Å². The summed E-state index contributed by atoms with van der Waals surface area (Å²) in [7, 11) is 3.51. The van der Waals surface area contributed by atoms with Crippen molar-refractivity contribution < 1.29 is 31.6 Å². The van der Waals surface area contributed by atoms with Crippen molar-refractivity contribution in [2.24, 2.45) is 0 Å². The number of likely N-dealkylation sites (tertiary alicyclic amines) is 1. The van der Waals surface area contributed by atoms with Crippen LogP contribution in [0.2, 0.25) is 0 Å². The molecule has 0 spiro atoms. The van der Waals surface area contributed by atoms with E-state index in [-0.39, 0.29) is 41.8 Å². The van der Waals surface area contributed by atoms with Crippen LogP contribution in [0.15, 0.2) is 40.9 Å². The van der Waals surface area contributed by atoms with Crippen LogP contribution in [0.5, 0.6) is 0 Å². The van der Waals surface area contributed by atoms with Gasteiger partial charge in [-0.25, -0.2) is 4.39 Å². The van der Waals surface area contributed by atoms with Gasteiger partial charge in [0.15, 0.2) is 0 Å². The first-order valence-corrected chi connectivity index (χ1v) is 14.9. The minimum absolute atomic E-state index is 0.00963. The highest BCUT2D eigenvalue weighted by Crippen LogP contribution is 2.50. The average molecular weight is 621 g/mol. The number of hydrogen-bond acceptors (Lipinski definition) is 8. The number of methoxy groups -OCH3 is 1. The van der Waals surface area contributed by atoms with Gasteiger partial charge in [0.2, 0.25) is 11.7 Å². The quantitative estimate of drug-likeness (QED) is 0.230. The van der Waals surface area contributed by atoms with E-state index < -0.39 is 24.9 Å². The van der Waals surface area contributed by atoms with Gasteiger partial charge >= 0.3 is 6.18 Å². The Labute approximate surface area is 249 Å². The minimum atomic E-state index is -4.52. The molecule has 1 saturated heterocycles. The summed E-state index contributed by atoms with van der Waals surface area (Å²) in [5.41, 5.74) is 0.917. The Morgan fingerprint density at radius 1 is 1.26 bits per heavy atom. The Bertz CT molecular complexity index is 1610. The lowest BCUT2D eigenvalue weighted by Gasteiger charge is -2.33. The van der Waals surface area contributed by atoms with Gasteiger partial charge < -0.3 is 29.4 Å². The number of carbonyl (C=O) groups is 1. The SMILES string of the molecule is COCC1(c2ccc(C(=O)NCc3nc(-c4cc5c(N[C@@H]6CCN(C)C[C@@H]6F)cccc5n4CC(F)(F)F)no3)s2)CC1. The molecule has 2 N–H and O–H groups in total. The van der Waals surface area contributed by atoms with Gasteiger partial charge in [-0.05, 0) is 56.6 Å². The standard InChI is InChI=1S/C29H32F4N6O3S/c1-38-11-8-20(18(30)14-38)35-19-4-3-5-21-17(19)12-22(39(21)15-29(31,32)33)26-36-25(42-37-26)13-34-27(40)23-6-7-24(43-23)28(9-10-28)16-41-2/h3-7,12,18,20,35H,8-11,13-16H2,1-2H3,(H,34,40)/t18-,20+/m0/s1. The highest BCUT2D eigenvalue weighted by Gasteiger charge is 2.45. The van der Waals surface area contributed by atoms with Crippen molar-refractivity contribution in [3.63, 3.8) is 0 Å². The number of anilines is 1. The number of aromatic nitrogens is 3. The van der Waals surface area contributed by atoms with E-state index in [0.717, 1.165) is 22.3 Å². The van der Waals surface area contributed by atoms with E-state index in [1.54, 1.807) is 37.4 Å². The summed E-state index contributed by atoms with van der Waals surface area (Å²) < 4.78 is 67.6. The van der Waals surface area contributed by atoms with Crippen LogP contribution in [0.4, 0.5) is 23.2 Å². The third-order valence-electron chi connectivity index (χ3n) is 8.09. The summed E-state index contributed by atoms with van der Waals surface area (Å²) in [5, 5.41) is 10.4. The third kappa shape index (κ3) is 6.27. The van der Waals surface area contributed by atoms with Crippen LogP contribution in [0.25, 0.3) is 22.4 Å². The predicted molar refractivity (Wildman–Crippen MR) is 154 cm³/mol. The number of nitrogens with zero attached hydrogens (tertiary/aromatic N) is 4. The fourth-order valence-corrected chi connectivity index (χ4v) is 6.83. The summed E-state index contributed by atoms with van der Waals surface area (Å²) >= 11 is 1.41. The van der Waals surface area contributed by atoms with E-state index in [1.807, 2.05) is 18.0 Å². The molecule has 2 fully saturated rings. The number of thiophene rings is 1. The van der Waals surface area contributed by atoms with Crippen LogP contribution in [0, 0.1) is 0 Å². The molecule has 14 heteroatoms. The van der Waals surface area contributed by atoms with E-state index in [4.69, 9.17) is 9.26 Å². The Morgan fingerprint density at radius 2 is 2.07 bits per heavy atom. The molecule has 0 radical (unpaired) electrons. The molecule has 1 aliphatic carbocycles. The average Bonchev–Trinajstić information content (AvgIpc) is 3.31. The van der Waals surface area contributed by atoms with Crippen molar-refractivity contribution in [2.45, 2.75) is 56.2 Å². The number of piperidine rings is 1. The summed E-state index contributed by atoms with van der Waals surface area (Å²) in [6.07, 6.45) is -3.05. The van der Waals surface area contributed by atoms with Crippen LogP contribution >= 0.6 is 11.3 Å². The van der Waals surface area contributed by atoms with E-state index in [0.29, 0.717) is 41.0 Å². The van der Waals surface area contributed by atoms with E-state index in [9.17, 15) is 22.4 Å². The molecule has 1 amide bonds. The minimum Gasteiger partial charge on any atom is -0.384 e. The molecule has 2 atom stereocenters. The zero-order chi connectivity index (χ0) is 30.4. The molecule has 6 rings (SSSR count). The van der Waals surface area contributed by atoms with Crippen molar-refractivity contribution in [1.29, 1.82) is 0 Å². The Kier molecular flexibility index (Phi) is 7.94. The van der Waals surface area contributed by atoms with Crippen LogP contribution in [-0.2, 0) is 23.2 Å². The Morgan fingerprint density at radius 3 is 2.79 bits per heavy atom. The molecule has 9 nitrogen and oxygen atoms in total. The normalized spacial score (nSPS) is 20.4. The number of ether oxygens (including phenoxy) is 1. The number of halogens is 4. The maximum atomic E-state index is 14.8. The Hall–Kier alpha value is -3.49. The summed E-state index contributed by atoms with van der Waals surface area (Å²) in [5.74, 6) is -0.315. The van der Waals surface area contributed by atoms with Crippen molar-refractivity contribution in [3.05, 3.63) is 52.0 Å². The topological polar surface area (TPSA) is 97.4 Å². The molecule has 0 unspecified atom stereocenters. The van der Waals surface area contributed by atoms with Gasteiger partial charge in [0.05, 0.1) is 35.3 Å². The van der Waals surface area contributed by atoms with Gasteiger partial charge in [-0.15, -0.1) is 11.3 Å². The lowest BCUT2D eigenvalue weighted by molar-refractivity contribution is -0.139. The van der Waals surface area contributed by atoms with Crippen molar-refractivity contribution in [2.75, 3.05) is 39.2 Å². The molecule has 0 bridgehead atoms. The summed E-state index contributed by atoms with van der Waals surface area (Å²) in [4.78, 5) is 20.6. The van der Waals surface area contributed by atoms with Crippen molar-refractivity contribution in [1.82, 2.24) is 24.9 Å². The van der Waals surface area contributed by atoms with Gasteiger partial charge in [0.25, 0.3) is 5.91 Å². The third-order valence-corrected chi connectivity index (χ3v) is 9.42. The van der Waals surface area contributed by atoms with Gasteiger partial charge in [-0.2, -0.15) is 18.2 Å². The van der Waals surface area contributed by atoms with E-state index in [1.165, 1.54) is 11.3 Å². The van der Waals surface area contributed by atoms with Gasteiger partial charge in [0.1, 0.15) is 12.7 Å². The van der Waals surface area contributed by atoms with Crippen molar-refractivity contribution in [3.8, 4) is 11.5 Å². The van der Waals surface area contributed by atoms with Gasteiger partial charge in [-0.1, -0.05) is 11.2 Å². The number of nitrogens with one attached hydrogen (secondary N) is 2. The molecule has 4 aromatic rings. The monoisotopic (exact) mass is 620 g/mol. The molecule has 1 aromatic carbocycles. The fraction of sp³-hybridized carbons (Fsp3) is 0.483. The first-order chi connectivity index (χ1) is 20.5. The Balaban J connectivity index is 1.22. The number of benzene rings is 1. The van der Waals surface area contributed by atoms with Crippen LogP contribution < -0.4 is 10.6 Å². The zero-order valence-corrected chi connectivity index (χ0v) is 24.5. The molecular formula is C29H32F4N6O3S. The lowest BCUT2D eigenvalue weighted by Crippen LogP contribution is -2.46.